The molecule has 8 heteroatoms. The molecule has 7 nitrogen and oxygen atoms in total. The number of sulfonamides is 1. The fourth-order valence-electron chi connectivity index (χ4n) is 1.36. The Morgan fingerprint density at radius 1 is 1.50 bits per heavy atom. The first-order chi connectivity index (χ1) is 8.49. The zero-order valence-electron chi connectivity index (χ0n) is 9.62. The number of pyridine rings is 1. The van der Waals surface area contributed by atoms with E-state index in [9.17, 15) is 8.42 Å². The molecule has 2 aromatic heterocycles. The molecule has 2 rings (SSSR count). The van der Waals surface area contributed by atoms with Crippen molar-refractivity contribution < 1.29 is 12.9 Å². The maximum absolute atomic E-state index is 11.9. The van der Waals surface area contributed by atoms with Crippen LogP contribution in [0, 0.1) is 6.92 Å². The smallest absolute Gasteiger partial charge is 0.260 e. The summed E-state index contributed by atoms with van der Waals surface area (Å²) in [7, 11) is -3.75. The highest BCUT2D eigenvalue weighted by molar-refractivity contribution is 7.89. The first-order valence-electron chi connectivity index (χ1n) is 5.11. The molecule has 0 aliphatic heterocycles. The summed E-state index contributed by atoms with van der Waals surface area (Å²) in [6.45, 7) is 1.75. The maximum atomic E-state index is 11.9. The SMILES string of the molecule is Cc1cc(CNS(=O)(=O)c2ncccc2N)on1. The van der Waals surface area contributed by atoms with Crippen LogP contribution in [0.5, 0.6) is 0 Å². The van der Waals surface area contributed by atoms with Crippen LogP contribution in [-0.4, -0.2) is 18.6 Å². The van der Waals surface area contributed by atoms with Crippen LogP contribution < -0.4 is 10.5 Å². The molecular weight excluding hydrogens is 256 g/mol. The molecule has 0 atom stereocenters. The van der Waals surface area contributed by atoms with Crippen molar-refractivity contribution in [2.45, 2.75) is 18.5 Å². The summed E-state index contributed by atoms with van der Waals surface area (Å²) in [6.07, 6.45) is 1.36. The zero-order valence-corrected chi connectivity index (χ0v) is 10.4. The van der Waals surface area contributed by atoms with Crippen LogP contribution in [0.2, 0.25) is 0 Å². The molecule has 0 aliphatic carbocycles. The summed E-state index contributed by atoms with van der Waals surface area (Å²) in [6, 6.07) is 4.68. The van der Waals surface area contributed by atoms with Gasteiger partial charge in [-0.2, -0.15) is 0 Å². The van der Waals surface area contributed by atoms with E-state index in [0.717, 1.165) is 0 Å². The van der Waals surface area contributed by atoms with Gasteiger partial charge in [0.1, 0.15) is 0 Å². The molecule has 0 radical (unpaired) electrons. The number of rotatable bonds is 4. The second kappa shape index (κ2) is 4.75. The third kappa shape index (κ3) is 2.66. The summed E-state index contributed by atoms with van der Waals surface area (Å²) in [4.78, 5) is 3.75. The molecule has 0 bridgehead atoms. The molecule has 0 saturated heterocycles. The van der Waals surface area contributed by atoms with E-state index in [1.54, 1.807) is 19.1 Å². The van der Waals surface area contributed by atoms with Crippen LogP contribution in [0.4, 0.5) is 5.69 Å². The molecule has 0 spiro atoms. The molecule has 0 saturated carbocycles. The van der Waals surface area contributed by atoms with Crippen LogP contribution in [0.15, 0.2) is 33.9 Å². The Labute approximate surface area is 104 Å². The minimum absolute atomic E-state index is 0.000806. The predicted octanol–water partition coefficient (Wildman–Crippen LogP) is 0.439. The van der Waals surface area contributed by atoms with Gasteiger partial charge in [0.15, 0.2) is 10.8 Å². The Morgan fingerprint density at radius 3 is 2.89 bits per heavy atom. The summed E-state index contributed by atoms with van der Waals surface area (Å²) >= 11 is 0. The fraction of sp³-hybridized carbons (Fsp3) is 0.200. The molecule has 18 heavy (non-hydrogen) atoms. The number of nitrogens with zero attached hydrogens (tertiary/aromatic N) is 2. The molecule has 0 aliphatic rings. The minimum atomic E-state index is -3.75. The van der Waals surface area contributed by atoms with Gasteiger partial charge in [-0.1, -0.05) is 5.16 Å². The number of aromatic nitrogens is 2. The Morgan fingerprint density at radius 2 is 2.28 bits per heavy atom. The monoisotopic (exact) mass is 268 g/mol. The van der Waals surface area contributed by atoms with E-state index in [0.29, 0.717) is 11.5 Å². The third-order valence-electron chi connectivity index (χ3n) is 2.17. The Balaban J connectivity index is 2.16. The number of nitrogens with one attached hydrogen (secondary N) is 1. The molecule has 2 aromatic rings. The topological polar surface area (TPSA) is 111 Å². The summed E-state index contributed by atoms with van der Waals surface area (Å²) < 4.78 is 31.1. The third-order valence-corrected chi connectivity index (χ3v) is 3.54. The number of nitrogen functional groups attached to an aromatic ring is 1. The number of aryl methyl sites for hydroxylation is 1. The predicted molar refractivity (Wildman–Crippen MR) is 63.9 cm³/mol. The lowest BCUT2D eigenvalue weighted by Gasteiger charge is -2.05. The minimum Gasteiger partial charge on any atom is -0.396 e. The van der Waals surface area contributed by atoms with Crippen molar-refractivity contribution in [1.29, 1.82) is 0 Å². The average Bonchev–Trinajstić information content (AvgIpc) is 2.73. The zero-order chi connectivity index (χ0) is 13.2. The normalized spacial score (nSPS) is 11.6. The van der Waals surface area contributed by atoms with Crippen molar-refractivity contribution in [3.8, 4) is 0 Å². The van der Waals surface area contributed by atoms with Gasteiger partial charge >= 0.3 is 0 Å². The van der Waals surface area contributed by atoms with E-state index in [1.807, 2.05) is 0 Å². The van der Waals surface area contributed by atoms with Gasteiger partial charge in [-0.3, -0.25) is 0 Å². The molecule has 96 valence electrons. The number of hydrogen-bond donors (Lipinski definition) is 2. The van der Waals surface area contributed by atoms with Gasteiger partial charge in [-0.25, -0.2) is 18.1 Å². The van der Waals surface area contributed by atoms with E-state index in [1.165, 1.54) is 12.3 Å². The molecule has 0 aromatic carbocycles. The lowest BCUT2D eigenvalue weighted by atomic mass is 10.4. The first-order valence-corrected chi connectivity index (χ1v) is 6.60. The van der Waals surface area contributed by atoms with E-state index in [-0.39, 0.29) is 17.3 Å². The number of anilines is 1. The van der Waals surface area contributed by atoms with Crippen LogP contribution in [0.1, 0.15) is 11.5 Å². The largest absolute Gasteiger partial charge is 0.396 e. The Kier molecular flexibility index (Phi) is 3.30. The maximum Gasteiger partial charge on any atom is 0.260 e. The fourth-order valence-corrected chi connectivity index (χ4v) is 2.41. The second-order valence-corrected chi connectivity index (χ2v) is 5.34. The van der Waals surface area contributed by atoms with Crippen molar-refractivity contribution in [2.24, 2.45) is 0 Å². The number of nitrogens with two attached hydrogens (primary N) is 1. The highest BCUT2D eigenvalue weighted by atomic mass is 32.2. The average molecular weight is 268 g/mol. The van der Waals surface area contributed by atoms with Crippen molar-refractivity contribution >= 4 is 15.7 Å². The van der Waals surface area contributed by atoms with Gasteiger partial charge in [0, 0.05) is 12.3 Å². The molecular formula is C10H12N4O3S. The van der Waals surface area contributed by atoms with Crippen molar-refractivity contribution in [2.75, 3.05) is 5.73 Å². The van der Waals surface area contributed by atoms with Crippen molar-refractivity contribution in [3.63, 3.8) is 0 Å². The standard InChI is InChI=1S/C10H12N4O3S/c1-7-5-8(17-14-7)6-13-18(15,16)10-9(11)3-2-4-12-10/h2-5,13H,6,11H2,1H3. The highest BCUT2D eigenvalue weighted by Gasteiger charge is 2.19. The van der Waals surface area contributed by atoms with Crippen LogP contribution in [0.3, 0.4) is 0 Å². The summed E-state index contributed by atoms with van der Waals surface area (Å²) in [5.41, 5.74) is 6.34. The molecule has 2 heterocycles. The molecule has 0 unspecified atom stereocenters. The summed E-state index contributed by atoms with van der Waals surface area (Å²) in [5, 5.41) is 3.46. The summed E-state index contributed by atoms with van der Waals surface area (Å²) in [5.74, 6) is 0.422. The Bertz CT molecular complexity index is 651. The van der Waals surface area contributed by atoms with Gasteiger partial charge < -0.3 is 10.3 Å². The van der Waals surface area contributed by atoms with Crippen molar-refractivity contribution in [3.05, 3.63) is 35.9 Å². The van der Waals surface area contributed by atoms with Gasteiger partial charge in [0.05, 0.1) is 17.9 Å². The number of hydrogen-bond acceptors (Lipinski definition) is 6. The van der Waals surface area contributed by atoms with Crippen molar-refractivity contribution in [1.82, 2.24) is 14.9 Å². The van der Waals surface area contributed by atoms with Crippen LogP contribution >= 0.6 is 0 Å². The van der Waals surface area contributed by atoms with Crippen LogP contribution in [-0.2, 0) is 16.6 Å². The van der Waals surface area contributed by atoms with Gasteiger partial charge in [-0.15, -0.1) is 0 Å². The van der Waals surface area contributed by atoms with Crippen LogP contribution in [0.25, 0.3) is 0 Å². The quantitative estimate of drug-likeness (QED) is 0.832. The van der Waals surface area contributed by atoms with E-state index in [4.69, 9.17) is 10.3 Å². The molecule has 0 fully saturated rings. The van der Waals surface area contributed by atoms with E-state index in [2.05, 4.69) is 14.9 Å². The molecule has 0 amide bonds. The Hall–Kier alpha value is -1.93. The first kappa shape index (κ1) is 12.5. The highest BCUT2D eigenvalue weighted by Crippen LogP contribution is 2.14. The van der Waals surface area contributed by atoms with Gasteiger partial charge in [-0.05, 0) is 19.1 Å². The molecule has 3 N–H and O–H groups in total. The van der Waals surface area contributed by atoms with E-state index < -0.39 is 10.0 Å². The van der Waals surface area contributed by atoms with Gasteiger partial charge in [0.25, 0.3) is 10.0 Å². The lowest BCUT2D eigenvalue weighted by Crippen LogP contribution is -2.24. The van der Waals surface area contributed by atoms with E-state index >= 15 is 0 Å². The lowest BCUT2D eigenvalue weighted by molar-refractivity contribution is 0.377. The van der Waals surface area contributed by atoms with Gasteiger partial charge in [0.2, 0.25) is 0 Å². The second-order valence-electron chi connectivity index (χ2n) is 3.66.